The molecule has 25 nitrogen and oxygen atoms in total. The molecule has 0 aliphatic rings. The van der Waals surface area contributed by atoms with Crippen LogP contribution >= 0.6 is 0 Å². The fourth-order valence-corrected chi connectivity index (χ4v) is 13.2. The predicted octanol–water partition coefficient (Wildman–Crippen LogP) is 4.52. The number of aliphatic hydroxyl groups is 3. The summed E-state index contributed by atoms with van der Waals surface area (Å²) in [4.78, 5) is 155. The first-order valence-corrected chi connectivity index (χ1v) is 26.7. The van der Waals surface area contributed by atoms with Gasteiger partial charge in [-0.3, -0.25) is 47.9 Å². The second-order valence-corrected chi connectivity index (χ2v) is 24.8. The minimum absolute atomic E-state index is 0.227. The Balaban J connectivity index is 8.66. The van der Waals surface area contributed by atoms with Crippen molar-refractivity contribution in [1.29, 1.82) is 0 Å². The Kier molecular flexibility index (Phi) is 28.8. The Bertz CT molecular complexity index is 2350. The van der Waals surface area contributed by atoms with Crippen LogP contribution in [0.4, 0.5) is 0 Å². The van der Waals surface area contributed by atoms with E-state index in [9.17, 15) is 68.1 Å². The molecule has 0 aromatic carbocycles. The van der Waals surface area contributed by atoms with Gasteiger partial charge in [0.1, 0.15) is 19.8 Å². The van der Waals surface area contributed by atoms with Crippen molar-refractivity contribution < 1.29 is 120 Å². The maximum absolute atomic E-state index is 14.7. The van der Waals surface area contributed by atoms with Gasteiger partial charge in [0.05, 0.1) is 131 Å². The summed E-state index contributed by atoms with van der Waals surface area (Å²) >= 11 is 0. The molecule has 0 fully saturated rings. The van der Waals surface area contributed by atoms with Gasteiger partial charge in [0.25, 0.3) is 0 Å². The molecule has 9 atom stereocenters. The summed E-state index contributed by atoms with van der Waals surface area (Å²) in [5, 5.41) is 29.2. The molecule has 9 unspecified atom stereocenters. The fourth-order valence-electron chi connectivity index (χ4n) is 13.2. The van der Waals surface area contributed by atoms with E-state index in [1.54, 1.807) is 0 Å². The third-order valence-corrected chi connectivity index (χ3v) is 15.4. The normalized spacial score (nSPS) is 18.0. The van der Waals surface area contributed by atoms with Crippen molar-refractivity contribution in [3.8, 4) is 0 Å². The van der Waals surface area contributed by atoms with E-state index in [2.05, 4.69) is 6.58 Å². The first kappa shape index (κ1) is 76.8. The van der Waals surface area contributed by atoms with Crippen LogP contribution in [-0.4, -0.2) is 178 Å². The van der Waals surface area contributed by atoms with Crippen LogP contribution in [0.2, 0.25) is 0 Å². The predicted molar refractivity (Wildman–Crippen MR) is 292 cm³/mol. The molecule has 25 heteroatoms. The number of esters is 11. The highest BCUT2D eigenvalue weighted by molar-refractivity contribution is 5.90. The van der Waals surface area contributed by atoms with Crippen LogP contribution in [0.3, 0.4) is 0 Å². The molecule has 0 saturated carbocycles. The molecule has 0 aliphatic heterocycles. The molecule has 0 spiro atoms. The standard InChI is InChI=1S/C58H94O25/c1-37(38(62)73-13)27-50(4,46(70)81-24-21-59)29-57(11,47(71)82-25-22-60)36-58(12,48(72)83-26-23-61)35-56(10,45(69)80-20)34-55(9,44(68)79-19)33-54(8,43(67)78-18)32-53(7,42(66)77-17)31-52(6,41(65)76-16)30-51(5,40(64)75-15)28-49(2,3)39(63)74-14/h59-61H,1,21-36H2,2-20H3. The Hall–Kier alpha value is -6.21. The average molecular weight is 1190 g/mol. The molecule has 0 heterocycles. The topological polar surface area (TPSA) is 350 Å². The van der Waals surface area contributed by atoms with E-state index < -0.39 is 217 Å². The van der Waals surface area contributed by atoms with Gasteiger partial charge in [-0.25, -0.2) is 4.79 Å². The molecule has 0 aromatic heterocycles. The van der Waals surface area contributed by atoms with Gasteiger partial charge in [-0.2, -0.15) is 0 Å². The van der Waals surface area contributed by atoms with Crippen LogP contribution in [0.5, 0.6) is 0 Å². The van der Waals surface area contributed by atoms with Gasteiger partial charge < -0.3 is 67.4 Å². The van der Waals surface area contributed by atoms with Crippen molar-refractivity contribution >= 4 is 65.7 Å². The molecule has 0 aromatic rings. The molecule has 0 radical (unpaired) electrons. The van der Waals surface area contributed by atoms with E-state index >= 15 is 0 Å². The molecule has 3 N–H and O–H groups in total. The van der Waals surface area contributed by atoms with Gasteiger partial charge in [-0.05, 0) is 140 Å². The summed E-state index contributed by atoms with van der Waals surface area (Å²) in [6, 6.07) is 0. The number of carbonyl (C=O) groups excluding carboxylic acids is 11. The molecular formula is C58H94O25. The quantitative estimate of drug-likeness (QED) is 0.0437. The molecule has 0 amide bonds. The van der Waals surface area contributed by atoms with E-state index in [1.165, 1.54) is 83.3 Å². The minimum Gasteiger partial charge on any atom is -0.469 e. The second kappa shape index (κ2) is 31.1. The van der Waals surface area contributed by atoms with E-state index in [1.807, 2.05) is 0 Å². The molecule has 476 valence electrons. The lowest BCUT2D eigenvalue weighted by molar-refractivity contribution is -0.175. The molecule has 0 saturated heterocycles. The van der Waals surface area contributed by atoms with Gasteiger partial charge in [-0.1, -0.05) is 6.58 Å². The summed E-state index contributed by atoms with van der Waals surface area (Å²) in [6.45, 7) is 15.4. The van der Waals surface area contributed by atoms with Crippen molar-refractivity contribution in [2.75, 3.05) is 96.5 Å². The smallest absolute Gasteiger partial charge is 0.333 e. The van der Waals surface area contributed by atoms with Crippen LogP contribution in [0.1, 0.15) is 140 Å². The Morgan fingerprint density at radius 1 is 0.289 bits per heavy atom. The third-order valence-electron chi connectivity index (χ3n) is 15.4. The lowest BCUT2D eigenvalue weighted by atomic mass is 9.56. The summed E-state index contributed by atoms with van der Waals surface area (Å²) in [5.74, 6) is -10.7. The van der Waals surface area contributed by atoms with E-state index in [-0.39, 0.29) is 12.0 Å². The van der Waals surface area contributed by atoms with Gasteiger partial charge in [-0.15, -0.1) is 0 Å². The first-order chi connectivity index (χ1) is 38.0. The Labute approximate surface area is 487 Å². The zero-order valence-electron chi connectivity index (χ0n) is 52.3. The summed E-state index contributed by atoms with van der Waals surface area (Å²) in [7, 11) is 8.60. The maximum atomic E-state index is 14.7. The van der Waals surface area contributed by atoms with Crippen LogP contribution in [0, 0.1) is 54.1 Å². The number of carbonyl (C=O) groups is 11. The van der Waals surface area contributed by atoms with Crippen molar-refractivity contribution in [3.63, 3.8) is 0 Å². The molecule has 0 aliphatic carbocycles. The maximum Gasteiger partial charge on any atom is 0.333 e. The number of aliphatic hydroxyl groups excluding tert-OH is 3. The summed E-state index contributed by atoms with van der Waals surface area (Å²) in [5.41, 5.74) is -19.2. The zero-order valence-corrected chi connectivity index (χ0v) is 52.3. The minimum atomic E-state index is -2.12. The Morgan fingerprint density at radius 2 is 0.482 bits per heavy atom. The zero-order chi connectivity index (χ0) is 65.0. The molecule has 83 heavy (non-hydrogen) atoms. The average Bonchev–Trinajstić information content (AvgIpc) is 3.11. The monoisotopic (exact) mass is 1190 g/mol. The van der Waals surface area contributed by atoms with Crippen molar-refractivity contribution in [2.24, 2.45) is 54.1 Å². The van der Waals surface area contributed by atoms with Crippen molar-refractivity contribution in [2.45, 2.75) is 140 Å². The summed E-state index contributed by atoms with van der Waals surface area (Å²) < 4.78 is 58.1. The molecule has 0 bridgehead atoms. The third kappa shape index (κ3) is 19.7. The van der Waals surface area contributed by atoms with Crippen LogP contribution < -0.4 is 0 Å². The van der Waals surface area contributed by atoms with Crippen molar-refractivity contribution in [3.05, 3.63) is 12.2 Å². The first-order valence-electron chi connectivity index (χ1n) is 26.7. The van der Waals surface area contributed by atoms with Crippen LogP contribution in [0.15, 0.2) is 12.2 Å². The number of hydrogen-bond donors (Lipinski definition) is 3. The van der Waals surface area contributed by atoms with Crippen LogP contribution in [-0.2, 0) is 105 Å². The van der Waals surface area contributed by atoms with E-state index in [0.29, 0.717) is 0 Å². The largest absolute Gasteiger partial charge is 0.469 e. The highest BCUT2D eigenvalue weighted by Crippen LogP contribution is 2.57. The highest BCUT2D eigenvalue weighted by Gasteiger charge is 2.61. The lowest BCUT2D eigenvalue weighted by Gasteiger charge is -2.47. The van der Waals surface area contributed by atoms with E-state index in [4.69, 9.17) is 52.1 Å². The molecular weight excluding hydrogens is 1100 g/mol. The van der Waals surface area contributed by atoms with Gasteiger partial charge in [0, 0.05) is 5.57 Å². The number of rotatable bonds is 37. The van der Waals surface area contributed by atoms with Gasteiger partial charge in [0.15, 0.2) is 0 Å². The number of hydrogen-bond acceptors (Lipinski definition) is 25. The Morgan fingerprint density at radius 3 is 0.687 bits per heavy atom. The highest BCUT2D eigenvalue weighted by atomic mass is 16.6. The van der Waals surface area contributed by atoms with Crippen LogP contribution in [0.25, 0.3) is 0 Å². The second-order valence-electron chi connectivity index (χ2n) is 24.8. The van der Waals surface area contributed by atoms with E-state index in [0.717, 1.165) is 49.8 Å². The van der Waals surface area contributed by atoms with Gasteiger partial charge in [0.2, 0.25) is 0 Å². The summed E-state index contributed by atoms with van der Waals surface area (Å²) in [6.07, 6.45) is -5.52. The van der Waals surface area contributed by atoms with Gasteiger partial charge >= 0.3 is 65.7 Å². The molecule has 0 rings (SSSR count). The SMILES string of the molecule is C=C(CC(C)(CC(C)(CC(C)(CC(C)(CC(C)(CC(C)(CC(C)(CC(C)(CC(C)(CC(C)(C)C(=O)OC)C(=O)OC)C(=O)OC)C(=O)OC)C(=O)OC)C(=O)OC)C(=O)OC)C(=O)OCCO)C(=O)OCCO)C(=O)OCCO)C(=O)OC. The number of methoxy groups -OCH3 is 8. The lowest BCUT2D eigenvalue weighted by Crippen LogP contribution is -2.51. The van der Waals surface area contributed by atoms with Crippen molar-refractivity contribution in [1.82, 2.24) is 0 Å². The number of ether oxygens (including phenoxy) is 11. The fraction of sp³-hybridized carbons (Fsp3) is 0.776.